The van der Waals surface area contributed by atoms with Crippen LogP contribution in [0.5, 0.6) is 0 Å². The summed E-state index contributed by atoms with van der Waals surface area (Å²) in [6.45, 7) is 1.92. The van der Waals surface area contributed by atoms with Crippen LogP contribution in [-0.4, -0.2) is 45.3 Å². The Bertz CT molecular complexity index is 436. The molecule has 1 rings (SSSR count). The monoisotopic (exact) mass is 233 g/mol. The van der Waals surface area contributed by atoms with Gasteiger partial charge in [-0.2, -0.15) is 4.99 Å². The van der Waals surface area contributed by atoms with Crippen molar-refractivity contribution < 1.29 is 4.79 Å². The van der Waals surface area contributed by atoms with Gasteiger partial charge < -0.3 is 9.80 Å². The molecule has 0 fully saturated rings. The normalized spacial score (nSPS) is 10.6. The maximum Gasteiger partial charge on any atom is 0.278 e. The van der Waals surface area contributed by atoms with E-state index in [0.717, 1.165) is 11.3 Å². The first-order chi connectivity index (χ1) is 7.91. The first-order valence-electron chi connectivity index (χ1n) is 5.44. The molecule has 0 bridgehead atoms. The fraction of sp³-hybridized carbons (Fsp3) is 0.385. The molecule has 0 aromatic heterocycles. The van der Waals surface area contributed by atoms with E-state index >= 15 is 0 Å². The van der Waals surface area contributed by atoms with Gasteiger partial charge in [-0.05, 0) is 30.7 Å². The van der Waals surface area contributed by atoms with Crippen molar-refractivity contribution >= 4 is 17.9 Å². The molecule has 0 unspecified atom stereocenters. The van der Waals surface area contributed by atoms with Gasteiger partial charge in [0.15, 0.2) is 0 Å². The summed E-state index contributed by atoms with van der Waals surface area (Å²) < 4.78 is 0. The summed E-state index contributed by atoms with van der Waals surface area (Å²) in [5, 5.41) is 0. The standard InChI is InChI=1S/C13H19N3O/c1-10-8-11(16(4)5)6-7-12(10)13(17)14-9-15(2)3/h6-9H,1-5H3. The maximum atomic E-state index is 11.8. The van der Waals surface area contributed by atoms with Crippen LogP contribution in [0.2, 0.25) is 0 Å². The minimum atomic E-state index is -0.207. The minimum Gasteiger partial charge on any atom is -0.378 e. The Morgan fingerprint density at radius 3 is 2.35 bits per heavy atom. The highest BCUT2D eigenvalue weighted by molar-refractivity contribution is 6.00. The van der Waals surface area contributed by atoms with E-state index < -0.39 is 0 Å². The number of aliphatic imine (C=N–C) groups is 1. The summed E-state index contributed by atoms with van der Waals surface area (Å²) >= 11 is 0. The number of nitrogens with zero attached hydrogens (tertiary/aromatic N) is 3. The lowest BCUT2D eigenvalue weighted by Crippen LogP contribution is -2.11. The van der Waals surface area contributed by atoms with Crippen LogP contribution in [0.25, 0.3) is 0 Å². The first kappa shape index (κ1) is 13.2. The highest BCUT2D eigenvalue weighted by Crippen LogP contribution is 2.17. The van der Waals surface area contributed by atoms with Gasteiger partial charge in [-0.3, -0.25) is 4.79 Å². The van der Waals surface area contributed by atoms with E-state index in [4.69, 9.17) is 0 Å². The Morgan fingerprint density at radius 1 is 1.24 bits per heavy atom. The zero-order chi connectivity index (χ0) is 13.0. The van der Waals surface area contributed by atoms with Crippen molar-refractivity contribution in [2.75, 3.05) is 33.1 Å². The quantitative estimate of drug-likeness (QED) is 0.590. The number of carbonyl (C=O) groups excluding carboxylic acids is 1. The van der Waals surface area contributed by atoms with Crippen molar-refractivity contribution in [1.82, 2.24) is 4.90 Å². The van der Waals surface area contributed by atoms with Crippen LogP contribution in [-0.2, 0) is 0 Å². The Balaban J connectivity index is 2.96. The first-order valence-corrected chi connectivity index (χ1v) is 5.44. The molecule has 17 heavy (non-hydrogen) atoms. The van der Waals surface area contributed by atoms with Crippen molar-refractivity contribution in [2.45, 2.75) is 6.92 Å². The van der Waals surface area contributed by atoms with Crippen molar-refractivity contribution in [1.29, 1.82) is 0 Å². The van der Waals surface area contributed by atoms with Crippen LogP contribution in [0.1, 0.15) is 15.9 Å². The van der Waals surface area contributed by atoms with Crippen LogP contribution in [0.4, 0.5) is 5.69 Å². The van der Waals surface area contributed by atoms with Gasteiger partial charge in [0.2, 0.25) is 0 Å². The third-order valence-electron chi connectivity index (χ3n) is 2.36. The molecule has 0 aliphatic rings. The summed E-state index contributed by atoms with van der Waals surface area (Å²) in [5.41, 5.74) is 2.67. The number of hydrogen-bond donors (Lipinski definition) is 0. The average Bonchev–Trinajstić information content (AvgIpc) is 2.25. The van der Waals surface area contributed by atoms with Gasteiger partial charge in [-0.15, -0.1) is 0 Å². The lowest BCUT2D eigenvalue weighted by Gasteiger charge is -2.14. The fourth-order valence-corrected chi connectivity index (χ4v) is 1.40. The number of anilines is 1. The molecule has 4 nitrogen and oxygen atoms in total. The molecule has 0 radical (unpaired) electrons. The molecular weight excluding hydrogens is 214 g/mol. The van der Waals surface area contributed by atoms with Crippen LogP contribution < -0.4 is 4.90 Å². The SMILES string of the molecule is Cc1cc(N(C)C)ccc1C(=O)N=CN(C)C. The van der Waals surface area contributed by atoms with Crippen LogP contribution in [0, 0.1) is 6.92 Å². The second-order valence-corrected chi connectivity index (χ2v) is 4.41. The molecule has 0 N–H and O–H groups in total. The molecular formula is C13H19N3O. The van der Waals surface area contributed by atoms with Crippen LogP contribution in [0.3, 0.4) is 0 Å². The van der Waals surface area contributed by atoms with Gasteiger partial charge in [0.05, 0.1) is 6.34 Å². The molecule has 0 heterocycles. The lowest BCUT2D eigenvalue weighted by atomic mass is 10.1. The van der Waals surface area contributed by atoms with Gasteiger partial charge in [0.1, 0.15) is 0 Å². The highest BCUT2D eigenvalue weighted by atomic mass is 16.1. The average molecular weight is 233 g/mol. The largest absolute Gasteiger partial charge is 0.378 e. The number of carbonyl (C=O) groups is 1. The lowest BCUT2D eigenvalue weighted by molar-refractivity contribution is 0.100. The van der Waals surface area contributed by atoms with Crippen LogP contribution >= 0.6 is 0 Å². The third kappa shape index (κ3) is 3.59. The van der Waals surface area contributed by atoms with Crippen molar-refractivity contribution in [2.24, 2.45) is 4.99 Å². The van der Waals surface area contributed by atoms with Crippen LogP contribution in [0.15, 0.2) is 23.2 Å². The topological polar surface area (TPSA) is 35.9 Å². The van der Waals surface area contributed by atoms with Gasteiger partial charge in [-0.1, -0.05) is 0 Å². The summed E-state index contributed by atoms with van der Waals surface area (Å²) in [6, 6.07) is 5.73. The van der Waals surface area contributed by atoms with Gasteiger partial charge in [-0.25, -0.2) is 0 Å². The summed E-state index contributed by atoms with van der Waals surface area (Å²) in [6.07, 6.45) is 1.52. The van der Waals surface area contributed by atoms with E-state index in [1.54, 1.807) is 4.90 Å². The number of hydrogen-bond acceptors (Lipinski definition) is 2. The zero-order valence-electron chi connectivity index (χ0n) is 11.1. The van der Waals surface area contributed by atoms with Gasteiger partial charge >= 0.3 is 0 Å². The Kier molecular flexibility index (Phi) is 4.26. The van der Waals surface area contributed by atoms with E-state index in [0.29, 0.717) is 5.56 Å². The smallest absolute Gasteiger partial charge is 0.278 e. The van der Waals surface area contributed by atoms with E-state index in [1.807, 2.05) is 58.2 Å². The van der Waals surface area contributed by atoms with E-state index in [1.165, 1.54) is 6.34 Å². The van der Waals surface area contributed by atoms with E-state index in [-0.39, 0.29) is 5.91 Å². The highest BCUT2D eigenvalue weighted by Gasteiger charge is 2.08. The zero-order valence-corrected chi connectivity index (χ0v) is 11.1. The van der Waals surface area contributed by atoms with Crippen molar-refractivity contribution in [3.63, 3.8) is 0 Å². The predicted molar refractivity (Wildman–Crippen MR) is 72.0 cm³/mol. The predicted octanol–water partition coefficient (Wildman–Crippen LogP) is 1.79. The van der Waals surface area contributed by atoms with Crippen molar-refractivity contribution in [3.8, 4) is 0 Å². The Morgan fingerprint density at radius 2 is 1.88 bits per heavy atom. The Labute approximate surface area is 103 Å². The molecule has 0 saturated carbocycles. The molecule has 92 valence electrons. The molecule has 0 aliphatic carbocycles. The molecule has 4 heteroatoms. The van der Waals surface area contributed by atoms with E-state index in [2.05, 4.69) is 4.99 Å². The molecule has 0 atom stereocenters. The number of aryl methyl sites for hydroxylation is 1. The molecule has 0 aliphatic heterocycles. The molecule has 1 aromatic rings. The number of amides is 1. The summed E-state index contributed by atoms with van der Waals surface area (Å²) in [7, 11) is 7.61. The molecule has 0 spiro atoms. The summed E-state index contributed by atoms with van der Waals surface area (Å²) in [5.74, 6) is -0.207. The van der Waals surface area contributed by atoms with Gasteiger partial charge in [0, 0.05) is 39.4 Å². The molecule has 1 amide bonds. The number of rotatable bonds is 3. The fourth-order valence-electron chi connectivity index (χ4n) is 1.40. The maximum absolute atomic E-state index is 11.8. The molecule has 1 aromatic carbocycles. The van der Waals surface area contributed by atoms with Gasteiger partial charge in [0.25, 0.3) is 5.91 Å². The molecule has 0 saturated heterocycles. The number of benzene rings is 1. The second kappa shape index (κ2) is 5.48. The summed E-state index contributed by atoms with van der Waals surface area (Å²) in [4.78, 5) is 19.4. The minimum absolute atomic E-state index is 0.207. The Hall–Kier alpha value is -1.84. The second-order valence-electron chi connectivity index (χ2n) is 4.41. The third-order valence-corrected chi connectivity index (χ3v) is 2.36. The van der Waals surface area contributed by atoms with Crippen molar-refractivity contribution in [3.05, 3.63) is 29.3 Å². The van der Waals surface area contributed by atoms with E-state index in [9.17, 15) is 4.79 Å².